The number of amides is 1. The highest BCUT2D eigenvalue weighted by Gasteiger charge is 2.21. The standard InChI is InChI=1S/C12H14BrNO/c1-8-2-3-9(11(13)6-8)7-10-4-5-12(15)14-10/h2-3,6,10H,4-5,7H2,1H3,(H,14,15). The van der Waals surface area contributed by atoms with Crippen LogP contribution in [0.1, 0.15) is 24.0 Å². The average molecular weight is 268 g/mol. The summed E-state index contributed by atoms with van der Waals surface area (Å²) in [5.74, 6) is 0.184. The van der Waals surface area contributed by atoms with E-state index in [1.807, 2.05) is 0 Å². The molecule has 1 fully saturated rings. The minimum absolute atomic E-state index is 0.184. The Kier molecular flexibility index (Phi) is 3.10. The van der Waals surface area contributed by atoms with Crippen molar-refractivity contribution in [3.63, 3.8) is 0 Å². The molecular weight excluding hydrogens is 254 g/mol. The van der Waals surface area contributed by atoms with Gasteiger partial charge in [-0.2, -0.15) is 0 Å². The predicted octanol–water partition coefficient (Wildman–Crippen LogP) is 2.58. The lowest BCUT2D eigenvalue weighted by Gasteiger charge is -2.11. The molecule has 3 heteroatoms. The molecule has 80 valence electrons. The Morgan fingerprint density at radius 1 is 1.53 bits per heavy atom. The molecule has 2 nitrogen and oxygen atoms in total. The summed E-state index contributed by atoms with van der Waals surface area (Å²) in [4.78, 5) is 11.1. The Morgan fingerprint density at radius 2 is 2.33 bits per heavy atom. The summed E-state index contributed by atoms with van der Waals surface area (Å²) in [6, 6.07) is 6.67. The number of rotatable bonds is 2. The summed E-state index contributed by atoms with van der Waals surface area (Å²) in [6.07, 6.45) is 2.56. The molecule has 1 heterocycles. The summed E-state index contributed by atoms with van der Waals surface area (Å²) in [5.41, 5.74) is 2.52. The van der Waals surface area contributed by atoms with Crippen LogP contribution < -0.4 is 5.32 Å². The maximum Gasteiger partial charge on any atom is 0.220 e. The molecule has 1 unspecified atom stereocenters. The molecule has 1 aromatic carbocycles. The van der Waals surface area contributed by atoms with Gasteiger partial charge in [0.15, 0.2) is 0 Å². The molecule has 0 radical (unpaired) electrons. The SMILES string of the molecule is Cc1ccc(CC2CCC(=O)N2)c(Br)c1. The number of halogens is 1. The molecule has 1 aliphatic rings. The van der Waals surface area contributed by atoms with Crippen LogP contribution in [0.5, 0.6) is 0 Å². The molecule has 1 aromatic rings. The second-order valence-corrected chi connectivity index (χ2v) is 4.96. The average Bonchev–Trinajstić information content (AvgIpc) is 2.56. The van der Waals surface area contributed by atoms with E-state index in [9.17, 15) is 4.79 Å². The van der Waals surface area contributed by atoms with Crippen molar-refractivity contribution >= 4 is 21.8 Å². The van der Waals surface area contributed by atoms with Gasteiger partial charge in [-0.25, -0.2) is 0 Å². The first-order valence-electron chi connectivity index (χ1n) is 5.19. The first kappa shape index (κ1) is 10.7. The van der Waals surface area contributed by atoms with E-state index in [2.05, 4.69) is 46.4 Å². The fourth-order valence-corrected chi connectivity index (χ4v) is 2.57. The Hall–Kier alpha value is -0.830. The molecular formula is C12H14BrNO. The second-order valence-electron chi connectivity index (χ2n) is 4.10. The van der Waals surface area contributed by atoms with Crippen LogP contribution in [-0.4, -0.2) is 11.9 Å². The number of carbonyl (C=O) groups excluding carboxylic acids is 1. The van der Waals surface area contributed by atoms with Crippen LogP contribution >= 0.6 is 15.9 Å². The van der Waals surface area contributed by atoms with E-state index in [0.29, 0.717) is 12.5 Å². The van der Waals surface area contributed by atoms with E-state index >= 15 is 0 Å². The fourth-order valence-electron chi connectivity index (χ4n) is 1.91. The Labute approximate surface area is 98.2 Å². The van der Waals surface area contributed by atoms with Crippen molar-refractivity contribution in [3.8, 4) is 0 Å². The molecule has 1 N–H and O–H groups in total. The van der Waals surface area contributed by atoms with Crippen LogP contribution in [0.4, 0.5) is 0 Å². The van der Waals surface area contributed by atoms with Gasteiger partial charge in [-0.15, -0.1) is 0 Å². The highest BCUT2D eigenvalue weighted by atomic mass is 79.9. The molecule has 15 heavy (non-hydrogen) atoms. The summed E-state index contributed by atoms with van der Waals surface area (Å²) in [6.45, 7) is 2.08. The lowest BCUT2D eigenvalue weighted by atomic mass is 10.0. The van der Waals surface area contributed by atoms with Gasteiger partial charge in [-0.1, -0.05) is 28.1 Å². The summed E-state index contributed by atoms with van der Waals surface area (Å²) in [5, 5.41) is 2.98. The number of hydrogen-bond acceptors (Lipinski definition) is 1. The van der Waals surface area contributed by atoms with Crippen LogP contribution in [0.25, 0.3) is 0 Å². The van der Waals surface area contributed by atoms with Crippen molar-refractivity contribution in [2.24, 2.45) is 0 Å². The van der Waals surface area contributed by atoms with Crippen molar-refractivity contribution in [3.05, 3.63) is 33.8 Å². The smallest absolute Gasteiger partial charge is 0.220 e. The van der Waals surface area contributed by atoms with Gasteiger partial charge >= 0.3 is 0 Å². The molecule has 0 aliphatic carbocycles. The molecule has 0 aromatic heterocycles. The number of aryl methyl sites for hydroxylation is 1. The first-order valence-corrected chi connectivity index (χ1v) is 5.99. The van der Waals surface area contributed by atoms with E-state index < -0.39 is 0 Å². The normalized spacial score (nSPS) is 20.4. The lowest BCUT2D eigenvalue weighted by molar-refractivity contribution is -0.119. The van der Waals surface area contributed by atoms with E-state index in [-0.39, 0.29) is 5.91 Å². The fraction of sp³-hybridized carbons (Fsp3) is 0.417. The van der Waals surface area contributed by atoms with Crippen LogP contribution in [0.2, 0.25) is 0 Å². The van der Waals surface area contributed by atoms with Gasteiger partial charge in [0, 0.05) is 16.9 Å². The summed E-state index contributed by atoms with van der Waals surface area (Å²) < 4.78 is 1.14. The summed E-state index contributed by atoms with van der Waals surface area (Å²) in [7, 11) is 0. The molecule has 2 rings (SSSR count). The summed E-state index contributed by atoms with van der Waals surface area (Å²) >= 11 is 3.56. The third-order valence-corrected chi connectivity index (χ3v) is 3.50. The highest BCUT2D eigenvalue weighted by Crippen LogP contribution is 2.22. The van der Waals surface area contributed by atoms with Gasteiger partial charge in [0.25, 0.3) is 0 Å². The van der Waals surface area contributed by atoms with Gasteiger partial charge < -0.3 is 5.32 Å². The molecule has 1 aliphatic heterocycles. The molecule has 1 saturated heterocycles. The van der Waals surface area contributed by atoms with E-state index in [1.54, 1.807) is 0 Å². The zero-order chi connectivity index (χ0) is 10.8. The zero-order valence-corrected chi connectivity index (χ0v) is 10.3. The number of hydrogen-bond donors (Lipinski definition) is 1. The van der Waals surface area contributed by atoms with Gasteiger partial charge in [0.2, 0.25) is 5.91 Å². The van der Waals surface area contributed by atoms with Gasteiger partial charge in [-0.3, -0.25) is 4.79 Å². The van der Waals surface area contributed by atoms with E-state index in [1.165, 1.54) is 11.1 Å². The minimum Gasteiger partial charge on any atom is -0.353 e. The van der Waals surface area contributed by atoms with Crippen LogP contribution in [0, 0.1) is 6.92 Å². The molecule has 0 bridgehead atoms. The molecule has 1 atom stereocenters. The number of carbonyl (C=O) groups is 1. The monoisotopic (exact) mass is 267 g/mol. The zero-order valence-electron chi connectivity index (χ0n) is 8.72. The van der Waals surface area contributed by atoms with Gasteiger partial charge in [0.1, 0.15) is 0 Å². The minimum atomic E-state index is 0.184. The first-order chi connectivity index (χ1) is 7.15. The van der Waals surface area contributed by atoms with Crippen molar-refractivity contribution in [2.45, 2.75) is 32.2 Å². The lowest BCUT2D eigenvalue weighted by Crippen LogP contribution is -2.27. The third kappa shape index (κ3) is 2.59. The van der Waals surface area contributed by atoms with Gasteiger partial charge in [-0.05, 0) is 37.0 Å². The van der Waals surface area contributed by atoms with Crippen molar-refractivity contribution < 1.29 is 4.79 Å². The molecule has 1 amide bonds. The van der Waals surface area contributed by atoms with Crippen molar-refractivity contribution in [2.75, 3.05) is 0 Å². The Bertz CT molecular complexity index is 389. The predicted molar refractivity (Wildman–Crippen MR) is 63.7 cm³/mol. The van der Waals surface area contributed by atoms with Crippen LogP contribution in [0.3, 0.4) is 0 Å². The molecule has 0 spiro atoms. The number of benzene rings is 1. The highest BCUT2D eigenvalue weighted by molar-refractivity contribution is 9.10. The third-order valence-electron chi connectivity index (χ3n) is 2.76. The Balaban J connectivity index is 2.07. The van der Waals surface area contributed by atoms with Gasteiger partial charge in [0.05, 0.1) is 0 Å². The molecule has 0 saturated carbocycles. The number of nitrogens with one attached hydrogen (secondary N) is 1. The van der Waals surface area contributed by atoms with Crippen molar-refractivity contribution in [1.29, 1.82) is 0 Å². The van der Waals surface area contributed by atoms with E-state index in [4.69, 9.17) is 0 Å². The maximum atomic E-state index is 11.1. The Morgan fingerprint density at radius 3 is 2.93 bits per heavy atom. The van der Waals surface area contributed by atoms with Crippen molar-refractivity contribution in [1.82, 2.24) is 5.32 Å². The van der Waals surface area contributed by atoms with E-state index in [0.717, 1.165) is 17.3 Å². The van der Waals surface area contributed by atoms with Crippen LogP contribution in [0.15, 0.2) is 22.7 Å². The second kappa shape index (κ2) is 4.35. The largest absolute Gasteiger partial charge is 0.353 e. The van der Waals surface area contributed by atoms with Crippen LogP contribution in [-0.2, 0) is 11.2 Å². The maximum absolute atomic E-state index is 11.1. The topological polar surface area (TPSA) is 29.1 Å². The quantitative estimate of drug-likeness (QED) is 0.877.